The maximum atomic E-state index is 2.48. The van der Waals surface area contributed by atoms with Gasteiger partial charge in [-0.3, -0.25) is 0 Å². The van der Waals surface area contributed by atoms with E-state index >= 15 is 0 Å². The molecule has 2 atom stereocenters. The van der Waals surface area contributed by atoms with Gasteiger partial charge < -0.3 is 0 Å². The predicted octanol–water partition coefficient (Wildman–Crippen LogP) is 5.95. The zero-order valence-corrected chi connectivity index (χ0v) is 13.1. The summed E-state index contributed by atoms with van der Waals surface area (Å²) >= 11 is 0. The molecule has 0 radical (unpaired) electrons. The van der Waals surface area contributed by atoms with E-state index in [0.717, 1.165) is 5.92 Å². The van der Waals surface area contributed by atoms with Crippen LogP contribution in [0, 0.1) is 18.3 Å². The zero-order valence-electron chi connectivity index (χ0n) is 13.1. The fourth-order valence-electron chi connectivity index (χ4n) is 3.37. The highest BCUT2D eigenvalue weighted by molar-refractivity contribution is 5.27. The zero-order chi connectivity index (χ0) is 13.8. The molecule has 0 spiro atoms. The normalized spacial score (nSPS) is 16.6. The van der Waals surface area contributed by atoms with Crippen molar-refractivity contribution in [3.05, 3.63) is 35.4 Å². The van der Waals surface area contributed by atoms with E-state index in [9.17, 15) is 0 Å². The van der Waals surface area contributed by atoms with Gasteiger partial charge in [-0.15, -0.1) is 0 Å². The predicted molar refractivity (Wildman–Crippen MR) is 82.1 cm³/mol. The highest BCUT2D eigenvalue weighted by Gasteiger charge is 2.36. The molecule has 0 fully saturated rings. The molecule has 0 saturated carbocycles. The lowest BCUT2D eigenvalue weighted by Gasteiger charge is -2.41. The van der Waals surface area contributed by atoms with Crippen molar-refractivity contribution in [2.24, 2.45) is 11.3 Å². The molecule has 0 aliphatic carbocycles. The summed E-state index contributed by atoms with van der Waals surface area (Å²) in [5.41, 5.74) is 3.33. The number of hydrogen-bond acceptors (Lipinski definition) is 0. The summed E-state index contributed by atoms with van der Waals surface area (Å²) in [7, 11) is 0. The van der Waals surface area contributed by atoms with E-state index in [2.05, 4.69) is 65.8 Å². The van der Waals surface area contributed by atoms with Gasteiger partial charge in [0.2, 0.25) is 0 Å². The van der Waals surface area contributed by atoms with Crippen molar-refractivity contribution in [2.75, 3.05) is 0 Å². The summed E-state index contributed by atoms with van der Waals surface area (Å²) < 4.78 is 0. The van der Waals surface area contributed by atoms with Crippen molar-refractivity contribution in [1.29, 1.82) is 0 Å². The van der Waals surface area contributed by atoms with E-state index in [1.807, 2.05) is 0 Å². The molecule has 0 heterocycles. The molecule has 0 heteroatoms. The Morgan fingerprint density at radius 3 is 2.28 bits per heavy atom. The van der Waals surface area contributed by atoms with Gasteiger partial charge in [-0.2, -0.15) is 0 Å². The second kappa shape index (κ2) is 6.41. The topological polar surface area (TPSA) is 0 Å². The summed E-state index contributed by atoms with van der Waals surface area (Å²) in [6.07, 6.45) is 3.83. The molecule has 0 N–H and O–H groups in total. The number of aryl methyl sites for hydroxylation is 1. The Bertz CT molecular complexity index is 364. The van der Waals surface area contributed by atoms with Crippen LogP contribution in [0.3, 0.4) is 0 Å². The first-order valence-electron chi connectivity index (χ1n) is 7.52. The maximum absolute atomic E-state index is 2.48. The third kappa shape index (κ3) is 3.16. The lowest BCUT2D eigenvalue weighted by Crippen LogP contribution is -2.31. The molecule has 0 aliphatic heterocycles. The minimum absolute atomic E-state index is 0.414. The van der Waals surface area contributed by atoms with E-state index in [4.69, 9.17) is 0 Å². The van der Waals surface area contributed by atoms with Gasteiger partial charge in [0.25, 0.3) is 0 Å². The van der Waals surface area contributed by atoms with E-state index in [1.165, 1.54) is 30.4 Å². The minimum atomic E-state index is 0.414. The van der Waals surface area contributed by atoms with Crippen molar-refractivity contribution < 1.29 is 0 Å². The molecular weight excluding hydrogens is 216 g/mol. The van der Waals surface area contributed by atoms with Crippen LogP contribution in [0.2, 0.25) is 0 Å². The fourth-order valence-corrected chi connectivity index (χ4v) is 3.37. The van der Waals surface area contributed by atoms with E-state index < -0.39 is 0 Å². The third-order valence-electron chi connectivity index (χ3n) is 4.76. The van der Waals surface area contributed by atoms with Gasteiger partial charge in [-0.25, -0.2) is 0 Å². The molecule has 102 valence electrons. The van der Waals surface area contributed by atoms with Crippen LogP contribution in [0.15, 0.2) is 24.3 Å². The second-order valence-electron chi connectivity index (χ2n) is 6.29. The second-order valence-corrected chi connectivity index (χ2v) is 6.29. The largest absolute Gasteiger partial charge is 0.0654 e. The molecule has 0 aliphatic rings. The first kappa shape index (κ1) is 15.3. The van der Waals surface area contributed by atoms with Crippen LogP contribution in [0.5, 0.6) is 0 Å². The van der Waals surface area contributed by atoms with Gasteiger partial charge in [0, 0.05) is 0 Å². The highest BCUT2D eigenvalue weighted by Crippen LogP contribution is 2.47. The van der Waals surface area contributed by atoms with Crippen LogP contribution in [0.25, 0.3) is 0 Å². The van der Waals surface area contributed by atoms with Gasteiger partial charge in [-0.05, 0) is 42.6 Å². The van der Waals surface area contributed by atoms with E-state index in [0.29, 0.717) is 11.3 Å². The van der Waals surface area contributed by atoms with Crippen molar-refractivity contribution in [2.45, 2.75) is 66.7 Å². The van der Waals surface area contributed by atoms with Gasteiger partial charge in [0.05, 0.1) is 0 Å². The van der Waals surface area contributed by atoms with Crippen LogP contribution >= 0.6 is 0 Å². The smallest absolute Gasteiger partial charge is 0.0108 e. The quantitative estimate of drug-likeness (QED) is 0.581. The molecule has 0 nitrogen and oxygen atoms in total. The lowest BCUT2D eigenvalue weighted by atomic mass is 9.63. The Labute approximate surface area is 114 Å². The van der Waals surface area contributed by atoms with Crippen molar-refractivity contribution in [3.8, 4) is 0 Å². The Morgan fingerprint density at radius 1 is 1.17 bits per heavy atom. The Balaban J connectivity index is 3.14. The highest BCUT2D eigenvalue weighted by atomic mass is 14.4. The fraction of sp³-hybridized carbons (Fsp3) is 0.667. The van der Waals surface area contributed by atoms with Gasteiger partial charge in [0.15, 0.2) is 0 Å². The molecule has 18 heavy (non-hydrogen) atoms. The molecule has 0 aromatic heterocycles. The third-order valence-corrected chi connectivity index (χ3v) is 4.76. The summed E-state index contributed by atoms with van der Waals surface area (Å²) in [6.45, 7) is 14.1. The molecule has 1 aromatic carbocycles. The van der Waals surface area contributed by atoms with Crippen molar-refractivity contribution in [1.82, 2.24) is 0 Å². The number of benzene rings is 1. The molecule has 1 rings (SSSR count). The molecule has 2 unspecified atom stereocenters. The Hall–Kier alpha value is -0.780. The standard InChI is InChI=1S/C18H30/c1-7-12-18(6,14(3)4)17(8-2)16-11-9-10-15(5)13-16/h9-11,13-14,17H,7-8,12H2,1-6H3. The first-order valence-corrected chi connectivity index (χ1v) is 7.52. The summed E-state index contributed by atoms with van der Waals surface area (Å²) in [6, 6.07) is 9.10. The van der Waals surface area contributed by atoms with Crippen LogP contribution in [0.1, 0.15) is 70.9 Å². The van der Waals surface area contributed by atoms with Crippen molar-refractivity contribution in [3.63, 3.8) is 0 Å². The molecule has 0 saturated heterocycles. The Morgan fingerprint density at radius 2 is 1.83 bits per heavy atom. The van der Waals surface area contributed by atoms with Crippen LogP contribution < -0.4 is 0 Å². The molecule has 0 amide bonds. The van der Waals surface area contributed by atoms with Crippen molar-refractivity contribution >= 4 is 0 Å². The SMILES string of the molecule is CCCC(C)(C(C)C)C(CC)c1cccc(C)c1. The molecular formula is C18H30. The monoisotopic (exact) mass is 246 g/mol. The lowest BCUT2D eigenvalue weighted by molar-refractivity contribution is 0.143. The van der Waals surface area contributed by atoms with Crippen LogP contribution in [-0.4, -0.2) is 0 Å². The van der Waals surface area contributed by atoms with E-state index in [-0.39, 0.29) is 0 Å². The van der Waals surface area contributed by atoms with E-state index in [1.54, 1.807) is 0 Å². The maximum Gasteiger partial charge on any atom is -0.0108 e. The summed E-state index contributed by atoms with van der Waals surface area (Å²) in [5.74, 6) is 1.40. The summed E-state index contributed by atoms with van der Waals surface area (Å²) in [5, 5.41) is 0. The van der Waals surface area contributed by atoms with Crippen LogP contribution in [0.4, 0.5) is 0 Å². The average Bonchev–Trinajstić information content (AvgIpc) is 2.30. The van der Waals surface area contributed by atoms with Gasteiger partial charge in [0.1, 0.15) is 0 Å². The first-order chi connectivity index (χ1) is 8.45. The Kier molecular flexibility index (Phi) is 5.44. The van der Waals surface area contributed by atoms with Gasteiger partial charge >= 0.3 is 0 Å². The van der Waals surface area contributed by atoms with Crippen LogP contribution in [-0.2, 0) is 0 Å². The summed E-state index contributed by atoms with van der Waals surface area (Å²) in [4.78, 5) is 0. The number of hydrogen-bond donors (Lipinski definition) is 0. The minimum Gasteiger partial charge on any atom is -0.0654 e. The average molecular weight is 246 g/mol. The molecule has 1 aromatic rings. The number of rotatable bonds is 6. The van der Waals surface area contributed by atoms with Gasteiger partial charge in [-0.1, -0.05) is 70.9 Å². The molecule has 0 bridgehead atoms.